The van der Waals surface area contributed by atoms with Crippen molar-refractivity contribution in [2.45, 2.75) is 19.3 Å². The summed E-state index contributed by atoms with van der Waals surface area (Å²) >= 11 is 5.94. The Labute approximate surface area is 87.7 Å². The van der Waals surface area contributed by atoms with Gasteiger partial charge in [0.2, 0.25) is 0 Å². The number of hydrogen-bond acceptors (Lipinski definition) is 1. The number of aromatic nitrogens is 1. The minimum absolute atomic E-state index is 0.789. The van der Waals surface area contributed by atoms with Gasteiger partial charge >= 0.3 is 0 Å². The van der Waals surface area contributed by atoms with Crippen LogP contribution in [0.15, 0.2) is 24.3 Å². The SMILES string of the molecule is Clc1ccc2nc3c(cc2c1)CCC3. The number of benzene rings is 1. The number of hydrogen-bond donors (Lipinski definition) is 0. The summed E-state index contributed by atoms with van der Waals surface area (Å²) in [5.74, 6) is 0. The molecule has 70 valence electrons. The maximum Gasteiger partial charge on any atom is 0.0706 e. The standard InChI is InChI=1S/C12H10ClN/c13-10-4-5-12-9(7-10)6-8-2-1-3-11(8)14-12/h4-7H,1-3H2. The van der Waals surface area contributed by atoms with E-state index >= 15 is 0 Å². The first kappa shape index (κ1) is 8.25. The molecule has 1 aromatic carbocycles. The summed E-state index contributed by atoms with van der Waals surface area (Å²) in [7, 11) is 0. The predicted octanol–water partition coefficient (Wildman–Crippen LogP) is 3.38. The first-order valence-corrected chi connectivity index (χ1v) is 5.29. The van der Waals surface area contributed by atoms with E-state index in [-0.39, 0.29) is 0 Å². The van der Waals surface area contributed by atoms with Crippen LogP contribution in [0.5, 0.6) is 0 Å². The van der Waals surface area contributed by atoms with E-state index in [1.54, 1.807) is 0 Å². The number of pyridine rings is 1. The first-order valence-electron chi connectivity index (χ1n) is 4.91. The molecule has 0 amide bonds. The van der Waals surface area contributed by atoms with Gasteiger partial charge < -0.3 is 0 Å². The molecule has 1 aliphatic rings. The van der Waals surface area contributed by atoms with Gasteiger partial charge in [-0.2, -0.15) is 0 Å². The van der Waals surface area contributed by atoms with Crippen molar-refractivity contribution in [1.29, 1.82) is 0 Å². The highest BCUT2D eigenvalue weighted by atomic mass is 35.5. The molecule has 0 aliphatic heterocycles. The van der Waals surface area contributed by atoms with Crippen LogP contribution in [0.2, 0.25) is 5.02 Å². The molecule has 0 bridgehead atoms. The maximum absolute atomic E-state index is 5.94. The van der Waals surface area contributed by atoms with Crippen molar-refractivity contribution in [3.63, 3.8) is 0 Å². The molecule has 0 radical (unpaired) electrons. The average Bonchev–Trinajstić information content (AvgIpc) is 2.61. The molecule has 1 heterocycles. The van der Waals surface area contributed by atoms with Gasteiger partial charge in [-0.25, -0.2) is 0 Å². The molecule has 0 spiro atoms. The molecule has 2 aromatic rings. The minimum atomic E-state index is 0.789. The number of halogens is 1. The third-order valence-corrected chi connectivity index (χ3v) is 3.04. The smallest absolute Gasteiger partial charge is 0.0706 e. The fourth-order valence-corrected chi connectivity index (χ4v) is 2.29. The summed E-state index contributed by atoms with van der Waals surface area (Å²) in [6.45, 7) is 0. The Morgan fingerprint density at radius 3 is 3.00 bits per heavy atom. The number of aryl methyl sites for hydroxylation is 2. The fraction of sp³-hybridized carbons (Fsp3) is 0.250. The molecule has 0 N–H and O–H groups in total. The summed E-state index contributed by atoms with van der Waals surface area (Å²) < 4.78 is 0. The Balaban J connectivity index is 2.33. The van der Waals surface area contributed by atoms with Crippen LogP contribution in [0, 0.1) is 0 Å². The van der Waals surface area contributed by atoms with Crippen molar-refractivity contribution < 1.29 is 0 Å². The van der Waals surface area contributed by atoms with Crippen molar-refractivity contribution in [3.05, 3.63) is 40.5 Å². The number of fused-ring (bicyclic) bond motifs is 2. The summed E-state index contributed by atoms with van der Waals surface area (Å²) in [6.07, 6.45) is 3.55. The van der Waals surface area contributed by atoms with Crippen molar-refractivity contribution in [3.8, 4) is 0 Å². The molecule has 3 rings (SSSR count). The molecule has 1 nitrogen and oxygen atoms in total. The Hall–Kier alpha value is -1.08. The van der Waals surface area contributed by atoms with Crippen LogP contribution in [-0.4, -0.2) is 4.98 Å². The molecular formula is C12H10ClN. The number of rotatable bonds is 0. The largest absolute Gasteiger partial charge is 0.253 e. The van der Waals surface area contributed by atoms with Crippen molar-refractivity contribution in [1.82, 2.24) is 4.98 Å². The second-order valence-corrected chi connectivity index (χ2v) is 4.22. The Morgan fingerprint density at radius 1 is 1.14 bits per heavy atom. The normalized spacial score (nSPS) is 14.6. The molecule has 1 aromatic heterocycles. The van der Waals surface area contributed by atoms with Crippen LogP contribution in [0.25, 0.3) is 10.9 Å². The van der Waals surface area contributed by atoms with Crippen LogP contribution in [-0.2, 0) is 12.8 Å². The third-order valence-electron chi connectivity index (χ3n) is 2.81. The molecule has 0 saturated carbocycles. The zero-order valence-electron chi connectivity index (χ0n) is 7.76. The van der Waals surface area contributed by atoms with E-state index in [1.807, 2.05) is 18.2 Å². The summed E-state index contributed by atoms with van der Waals surface area (Å²) in [6, 6.07) is 8.12. The molecular weight excluding hydrogens is 194 g/mol. The second-order valence-electron chi connectivity index (χ2n) is 3.78. The second kappa shape index (κ2) is 2.96. The molecule has 2 heteroatoms. The van der Waals surface area contributed by atoms with E-state index in [9.17, 15) is 0 Å². The van der Waals surface area contributed by atoms with Crippen LogP contribution < -0.4 is 0 Å². The monoisotopic (exact) mass is 203 g/mol. The van der Waals surface area contributed by atoms with Crippen molar-refractivity contribution >= 4 is 22.5 Å². The topological polar surface area (TPSA) is 12.9 Å². The molecule has 14 heavy (non-hydrogen) atoms. The van der Waals surface area contributed by atoms with E-state index in [2.05, 4.69) is 11.1 Å². The summed E-state index contributed by atoms with van der Waals surface area (Å²) in [5, 5.41) is 1.95. The molecule has 1 aliphatic carbocycles. The van der Waals surface area contributed by atoms with E-state index in [1.165, 1.54) is 24.1 Å². The lowest BCUT2D eigenvalue weighted by Crippen LogP contribution is -1.88. The lowest BCUT2D eigenvalue weighted by Gasteiger charge is -2.02. The van der Waals surface area contributed by atoms with E-state index in [0.29, 0.717) is 0 Å². The van der Waals surface area contributed by atoms with E-state index < -0.39 is 0 Å². The predicted molar refractivity (Wildman–Crippen MR) is 58.8 cm³/mol. The summed E-state index contributed by atoms with van der Waals surface area (Å²) in [5.41, 5.74) is 3.75. The van der Waals surface area contributed by atoms with Crippen molar-refractivity contribution in [2.75, 3.05) is 0 Å². The molecule has 0 saturated heterocycles. The minimum Gasteiger partial charge on any atom is -0.253 e. The van der Waals surface area contributed by atoms with Gasteiger partial charge in [-0.05, 0) is 49.1 Å². The lowest BCUT2D eigenvalue weighted by molar-refractivity contribution is 0.901. The van der Waals surface area contributed by atoms with Crippen LogP contribution in [0.4, 0.5) is 0 Å². The van der Waals surface area contributed by atoms with Crippen molar-refractivity contribution in [2.24, 2.45) is 0 Å². The first-order chi connectivity index (χ1) is 6.83. The molecule has 0 atom stereocenters. The van der Waals surface area contributed by atoms with Gasteiger partial charge in [0.1, 0.15) is 0 Å². The van der Waals surface area contributed by atoms with Gasteiger partial charge in [0.15, 0.2) is 0 Å². The van der Waals surface area contributed by atoms with Gasteiger partial charge in [-0.3, -0.25) is 4.98 Å². The molecule has 0 unspecified atom stereocenters. The maximum atomic E-state index is 5.94. The van der Waals surface area contributed by atoms with Gasteiger partial charge in [-0.15, -0.1) is 0 Å². The zero-order valence-corrected chi connectivity index (χ0v) is 8.51. The van der Waals surface area contributed by atoms with E-state index in [0.717, 1.165) is 22.3 Å². The Bertz CT molecular complexity index is 505. The van der Waals surface area contributed by atoms with Gasteiger partial charge in [0.05, 0.1) is 5.52 Å². The Kier molecular flexibility index (Phi) is 1.74. The fourth-order valence-electron chi connectivity index (χ4n) is 2.11. The summed E-state index contributed by atoms with van der Waals surface area (Å²) in [4.78, 5) is 4.64. The average molecular weight is 204 g/mol. The van der Waals surface area contributed by atoms with Gasteiger partial charge in [-0.1, -0.05) is 11.6 Å². The quantitative estimate of drug-likeness (QED) is 0.640. The molecule has 0 fully saturated rings. The highest BCUT2D eigenvalue weighted by molar-refractivity contribution is 6.31. The zero-order chi connectivity index (χ0) is 9.54. The number of nitrogens with zero attached hydrogens (tertiary/aromatic N) is 1. The third kappa shape index (κ3) is 1.20. The highest BCUT2D eigenvalue weighted by Crippen LogP contribution is 2.25. The van der Waals surface area contributed by atoms with Gasteiger partial charge in [0.25, 0.3) is 0 Å². The Morgan fingerprint density at radius 2 is 2.07 bits per heavy atom. The van der Waals surface area contributed by atoms with E-state index in [4.69, 9.17) is 11.6 Å². The van der Waals surface area contributed by atoms with Crippen LogP contribution >= 0.6 is 11.6 Å². The highest BCUT2D eigenvalue weighted by Gasteiger charge is 2.12. The lowest BCUT2D eigenvalue weighted by atomic mass is 10.1. The van der Waals surface area contributed by atoms with Crippen LogP contribution in [0.1, 0.15) is 17.7 Å². The van der Waals surface area contributed by atoms with Gasteiger partial charge in [0, 0.05) is 16.1 Å². The van der Waals surface area contributed by atoms with Crippen LogP contribution in [0.3, 0.4) is 0 Å².